The van der Waals surface area contributed by atoms with E-state index in [1.54, 1.807) is 13.1 Å². The summed E-state index contributed by atoms with van der Waals surface area (Å²) in [5, 5.41) is 15.0. The first kappa shape index (κ1) is 18.7. The van der Waals surface area contributed by atoms with Gasteiger partial charge < -0.3 is 15.7 Å². The molecule has 0 saturated heterocycles. The second kappa shape index (κ2) is 7.67. The van der Waals surface area contributed by atoms with E-state index in [2.05, 4.69) is 36.5 Å². The number of aliphatic hydroxyl groups is 1. The zero-order chi connectivity index (χ0) is 18.8. The fourth-order valence-electron chi connectivity index (χ4n) is 2.49. The highest BCUT2D eigenvalue weighted by Gasteiger charge is 2.25. The molecule has 6 nitrogen and oxygen atoms in total. The molecule has 0 radical (unpaired) electrons. The van der Waals surface area contributed by atoms with Gasteiger partial charge in [-0.2, -0.15) is 0 Å². The van der Waals surface area contributed by atoms with Crippen molar-refractivity contribution in [2.75, 3.05) is 11.9 Å². The average Bonchev–Trinajstić information content (AvgIpc) is 3.40. The summed E-state index contributed by atoms with van der Waals surface area (Å²) in [6.45, 7) is 3.54. The molecule has 1 aliphatic rings. The minimum atomic E-state index is -0.550. The normalized spacial score (nSPS) is 14.8. The van der Waals surface area contributed by atoms with Gasteiger partial charge in [-0.1, -0.05) is 0 Å². The molecule has 3 N–H and O–H groups in total. The van der Waals surface area contributed by atoms with E-state index < -0.39 is 11.7 Å². The van der Waals surface area contributed by atoms with Crippen LogP contribution in [0.1, 0.15) is 35.7 Å². The van der Waals surface area contributed by atoms with Crippen molar-refractivity contribution in [3.63, 3.8) is 0 Å². The Bertz CT molecular complexity index is 842. The minimum Gasteiger partial charge on any atom is -0.394 e. The van der Waals surface area contributed by atoms with Gasteiger partial charge in [0.05, 0.1) is 24.1 Å². The summed E-state index contributed by atoms with van der Waals surface area (Å²) < 4.78 is 14.7. The number of halogens is 2. The van der Waals surface area contributed by atoms with E-state index in [9.17, 15) is 9.18 Å². The smallest absolute Gasteiger partial charge is 0.254 e. The lowest BCUT2D eigenvalue weighted by Gasteiger charge is -2.14. The maximum Gasteiger partial charge on any atom is 0.254 e. The molecular weight excluding hydrogens is 403 g/mol. The number of amides is 1. The molecule has 0 bridgehead atoms. The largest absolute Gasteiger partial charge is 0.394 e. The summed E-state index contributed by atoms with van der Waals surface area (Å²) >= 11 is 3.36. The van der Waals surface area contributed by atoms with Crippen LogP contribution in [-0.2, 0) is 0 Å². The summed E-state index contributed by atoms with van der Waals surface area (Å²) in [5.74, 6) is -0.457. The van der Waals surface area contributed by atoms with Crippen LogP contribution in [0.3, 0.4) is 0 Å². The van der Waals surface area contributed by atoms with Gasteiger partial charge in [0, 0.05) is 17.6 Å². The number of nitrogens with zero attached hydrogens (tertiary/aromatic N) is 2. The summed E-state index contributed by atoms with van der Waals surface area (Å²) in [6, 6.07) is 2.84. The van der Waals surface area contributed by atoms with Crippen LogP contribution in [-0.4, -0.2) is 39.7 Å². The Kier molecular flexibility index (Phi) is 5.52. The van der Waals surface area contributed by atoms with Crippen molar-refractivity contribution in [1.29, 1.82) is 0 Å². The van der Waals surface area contributed by atoms with Crippen molar-refractivity contribution < 1.29 is 14.3 Å². The highest BCUT2D eigenvalue weighted by molar-refractivity contribution is 9.10. The number of aryl methyl sites for hydroxylation is 1. The Labute approximate surface area is 159 Å². The highest BCUT2D eigenvalue weighted by atomic mass is 79.9. The Hall–Kier alpha value is -2.06. The topological polar surface area (TPSA) is 87.1 Å². The summed E-state index contributed by atoms with van der Waals surface area (Å²) in [4.78, 5) is 21.0. The molecule has 26 heavy (non-hydrogen) atoms. The molecule has 1 amide bonds. The quantitative estimate of drug-likeness (QED) is 0.665. The molecule has 1 aromatic heterocycles. The molecule has 1 aliphatic carbocycles. The van der Waals surface area contributed by atoms with Gasteiger partial charge in [0.25, 0.3) is 5.91 Å². The van der Waals surface area contributed by atoms with E-state index >= 15 is 0 Å². The first-order valence-electron chi connectivity index (χ1n) is 8.40. The van der Waals surface area contributed by atoms with Crippen LogP contribution in [0.15, 0.2) is 22.9 Å². The van der Waals surface area contributed by atoms with E-state index in [1.165, 1.54) is 12.1 Å². The Morgan fingerprint density at radius 1 is 1.46 bits per heavy atom. The maximum absolute atomic E-state index is 14.3. The van der Waals surface area contributed by atoms with Gasteiger partial charge in [-0.3, -0.25) is 4.79 Å². The van der Waals surface area contributed by atoms with Gasteiger partial charge in [-0.05, 0) is 60.3 Å². The van der Waals surface area contributed by atoms with Gasteiger partial charge in [0.1, 0.15) is 10.4 Å². The SMILES string of the molecule is Cc1cc(F)c(C(=O)NC2CC2)cc1-c1cnc(N[C@@H](C)CO)c(Br)n1. The standard InChI is InChI=1S/C18H20BrFN4O2/c1-9-5-14(20)13(18(26)23-11-3-4-11)6-12(9)15-7-21-17(16(19)24-15)22-10(2)8-25/h5-7,10-11,25H,3-4,8H2,1-2H3,(H,21,22)(H,23,26)/t10-/m0/s1. The molecule has 1 atom stereocenters. The van der Waals surface area contributed by atoms with Crippen LogP contribution in [0.25, 0.3) is 11.3 Å². The molecule has 3 rings (SSSR count). The minimum absolute atomic E-state index is 0.00604. The Morgan fingerprint density at radius 2 is 2.19 bits per heavy atom. The van der Waals surface area contributed by atoms with Gasteiger partial charge in [-0.15, -0.1) is 0 Å². The molecule has 1 aromatic carbocycles. The van der Waals surface area contributed by atoms with Crippen molar-refractivity contribution in [3.05, 3.63) is 39.9 Å². The number of carbonyl (C=O) groups is 1. The first-order valence-corrected chi connectivity index (χ1v) is 9.19. The Morgan fingerprint density at radius 3 is 2.81 bits per heavy atom. The predicted octanol–water partition coefficient (Wildman–Crippen LogP) is 3.04. The Balaban J connectivity index is 1.92. The number of benzene rings is 1. The molecular formula is C18H20BrFN4O2. The second-order valence-electron chi connectivity index (χ2n) is 6.52. The maximum atomic E-state index is 14.3. The number of hydrogen-bond acceptors (Lipinski definition) is 5. The highest BCUT2D eigenvalue weighted by Crippen LogP contribution is 2.28. The third-order valence-corrected chi connectivity index (χ3v) is 4.69. The number of anilines is 1. The molecule has 2 aromatic rings. The predicted molar refractivity (Wildman–Crippen MR) is 101 cm³/mol. The van der Waals surface area contributed by atoms with E-state index in [1.807, 2.05) is 6.92 Å². The van der Waals surface area contributed by atoms with Crippen LogP contribution in [0.4, 0.5) is 10.2 Å². The second-order valence-corrected chi connectivity index (χ2v) is 7.27. The van der Waals surface area contributed by atoms with Crippen molar-refractivity contribution in [2.24, 2.45) is 0 Å². The lowest BCUT2D eigenvalue weighted by atomic mass is 10.0. The van der Waals surface area contributed by atoms with Crippen LogP contribution < -0.4 is 10.6 Å². The van der Waals surface area contributed by atoms with Gasteiger partial charge in [0.2, 0.25) is 0 Å². The lowest BCUT2D eigenvalue weighted by molar-refractivity contribution is 0.0947. The van der Waals surface area contributed by atoms with Gasteiger partial charge in [-0.25, -0.2) is 14.4 Å². The molecule has 1 fully saturated rings. The molecule has 0 aliphatic heterocycles. The van der Waals surface area contributed by atoms with Crippen LogP contribution in [0, 0.1) is 12.7 Å². The number of hydrogen-bond donors (Lipinski definition) is 3. The van der Waals surface area contributed by atoms with Gasteiger partial charge in [0.15, 0.2) is 5.82 Å². The van der Waals surface area contributed by atoms with Gasteiger partial charge >= 0.3 is 0 Å². The molecule has 8 heteroatoms. The molecule has 1 saturated carbocycles. The van der Waals surface area contributed by atoms with Crippen LogP contribution in [0.2, 0.25) is 0 Å². The van der Waals surface area contributed by atoms with Crippen LogP contribution >= 0.6 is 15.9 Å². The zero-order valence-corrected chi connectivity index (χ0v) is 16.1. The monoisotopic (exact) mass is 422 g/mol. The third-order valence-electron chi connectivity index (χ3n) is 4.13. The van der Waals surface area contributed by atoms with Crippen molar-refractivity contribution in [2.45, 2.75) is 38.8 Å². The van der Waals surface area contributed by atoms with E-state index in [0.717, 1.165) is 12.8 Å². The number of aliphatic hydroxyl groups excluding tert-OH is 1. The summed E-state index contributed by atoms with van der Waals surface area (Å²) in [7, 11) is 0. The van der Waals surface area contributed by atoms with E-state index in [0.29, 0.717) is 27.2 Å². The van der Waals surface area contributed by atoms with E-state index in [-0.39, 0.29) is 24.3 Å². The first-order chi connectivity index (χ1) is 12.4. The molecule has 0 spiro atoms. The third kappa shape index (κ3) is 4.19. The lowest BCUT2D eigenvalue weighted by Crippen LogP contribution is -2.26. The van der Waals surface area contributed by atoms with Crippen LogP contribution in [0.5, 0.6) is 0 Å². The number of carbonyl (C=O) groups excluding carboxylic acids is 1. The average molecular weight is 423 g/mol. The fourth-order valence-corrected chi connectivity index (χ4v) is 2.89. The molecule has 1 heterocycles. The molecule has 0 unspecified atom stereocenters. The van der Waals surface area contributed by atoms with Crippen molar-refractivity contribution in [3.8, 4) is 11.3 Å². The molecule has 138 valence electrons. The summed E-state index contributed by atoms with van der Waals surface area (Å²) in [5.41, 5.74) is 1.84. The number of rotatable bonds is 6. The van der Waals surface area contributed by atoms with Crippen molar-refractivity contribution in [1.82, 2.24) is 15.3 Å². The number of nitrogens with one attached hydrogen (secondary N) is 2. The van der Waals surface area contributed by atoms with E-state index in [4.69, 9.17) is 5.11 Å². The fraction of sp³-hybridized carbons (Fsp3) is 0.389. The van der Waals surface area contributed by atoms with Crippen molar-refractivity contribution >= 4 is 27.7 Å². The summed E-state index contributed by atoms with van der Waals surface area (Å²) in [6.07, 6.45) is 3.43. The number of aromatic nitrogens is 2. The zero-order valence-electron chi connectivity index (χ0n) is 14.5.